The highest BCUT2D eigenvalue weighted by atomic mass is 16.5. The van der Waals surface area contributed by atoms with Crippen LogP contribution in [0.15, 0.2) is 60.7 Å². The molecular formula is C19H20N4O3. The van der Waals surface area contributed by atoms with Crippen molar-refractivity contribution in [1.82, 2.24) is 9.78 Å². The second kappa shape index (κ2) is 7.60. The number of anilines is 2. The molecule has 0 radical (unpaired) electrons. The average molecular weight is 352 g/mol. The Morgan fingerprint density at radius 3 is 2.35 bits per heavy atom. The van der Waals surface area contributed by atoms with Crippen LogP contribution in [0.25, 0.3) is 5.69 Å². The Balaban J connectivity index is 2.08. The normalized spacial score (nSPS) is 10.5. The molecule has 1 heterocycles. The number of ether oxygens (including phenoxy) is 1. The van der Waals surface area contributed by atoms with Crippen molar-refractivity contribution < 1.29 is 14.6 Å². The summed E-state index contributed by atoms with van der Waals surface area (Å²) in [6, 6.07) is 18.6. The van der Waals surface area contributed by atoms with Crippen LogP contribution in [0.2, 0.25) is 0 Å². The fourth-order valence-corrected chi connectivity index (χ4v) is 2.66. The van der Waals surface area contributed by atoms with Crippen molar-refractivity contribution in [3.05, 3.63) is 66.2 Å². The maximum atomic E-state index is 11.9. The first-order chi connectivity index (χ1) is 12.6. The molecule has 1 amide bonds. The van der Waals surface area contributed by atoms with Gasteiger partial charge in [0.25, 0.3) is 5.88 Å². The zero-order valence-electron chi connectivity index (χ0n) is 14.4. The molecule has 2 aromatic carbocycles. The molecule has 0 bridgehead atoms. The van der Waals surface area contributed by atoms with Crippen LogP contribution in [0.3, 0.4) is 0 Å². The lowest BCUT2D eigenvalue weighted by atomic mass is 10.2. The van der Waals surface area contributed by atoms with E-state index in [1.807, 2.05) is 67.6 Å². The summed E-state index contributed by atoms with van der Waals surface area (Å²) in [5.41, 5.74) is 8.08. The first kappa shape index (κ1) is 17.3. The van der Waals surface area contributed by atoms with Crippen molar-refractivity contribution in [3.63, 3.8) is 0 Å². The molecule has 0 aliphatic heterocycles. The molecule has 0 aliphatic rings. The van der Waals surface area contributed by atoms with Gasteiger partial charge in [0.15, 0.2) is 11.5 Å². The minimum Gasteiger partial charge on any atom is -0.475 e. The number of rotatable bonds is 6. The minimum absolute atomic E-state index is 0.140. The van der Waals surface area contributed by atoms with Gasteiger partial charge in [-0.05, 0) is 24.6 Å². The van der Waals surface area contributed by atoms with Crippen LogP contribution in [0.5, 0.6) is 5.88 Å². The average Bonchev–Trinajstić information content (AvgIpc) is 2.97. The van der Waals surface area contributed by atoms with Gasteiger partial charge in [0.2, 0.25) is 0 Å². The second-order valence-corrected chi connectivity index (χ2v) is 5.57. The number of carbonyl (C=O) groups is 1. The molecule has 0 unspecified atom stereocenters. The smallest absolute Gasteiger partial charge is 0.412 e. The minimum atomic E-state index is -1.13. The number of hydrogen-bond acceptors (Lipinski definition) is 4. The lowest BCUT2D eigenvalue weighted by molar-refractivity contribution is 0.201. The van der Waals surface area contributed by atoms with Crippen molar-refractivity contribution >= 4 is 17.6 Å². The Kier molecular flexibility index (Phi) is 5.07. The molecule has 0 fully saturated rings. The van der Waals surface area contributed by atoms with Crippen LogP contribution < -0.4 is 15.4 Å². The van der Waals surface area contributed by atoms with Crippen molar-refractivity contribution in [2.75, 3.05) is 17.2 Å². The SMILES string of the molecule is CCOc1nn(-c2ccccc2)c(N)c1N(Cc1ccccc1)C(=O)O. The quantitative estimate of drug-likeness (QED) is 0.708. The Bertz CT molecular complexity index is 879. The summed E-state index contributed by atoms with van der Waals surface area (Å²) in [6.45, 7) is 2.29. The van der Waals surface area contributed by atoms with Crippen molar-refractivity contribution in [2.24, 2.45) is 0 Å². The maximum absolute atomic E-state index is 11.9. The second-order valence-electron chi connectivity index (χ2n) is 5.57. The van der Waals surface area contributed by atoms with Gasteiger partial charge < -0.3 is 15.6 Å². The van der Waals surface area contributed by atoms with Crippen LogP contribution >= 0.6 is 0 Å². The zero-order valence-corrected chi connectivity index (χ0v) is 14.4. The van der Waals surface area contributed by atoms with Gasteiger partial charge in [-0.3, -0.25) is 4.90 Å². The molecule has 3 N–H and O–H groups in total. The van der Waals surface area contributed by atoms with Gasteiger partial charge in [0, 0.05) is 0 Å². The van der Waals surface area contributed by atoms with Gasteiger partial charge in [0.05, 0.1) is 18.8 Å². The van der Waals surface area contributed by atoms with E-state index >= 15 is 0 Å². The standard InChI is InChI=1S/C19H20N4O3/c1-2-26-18-16(17(20)23(21-18)15-11-7-4-8-12-15)22(19(24)25)13-14-9-5-3-6-10-14/h3-12H,2,13,20H2,1H3,(H,24,25). The predicted molar refractivity (Wildman–Crippen MR) is 99.8 cm³/mol. The number of nitrogen functional groups attached to an aromatic ring is 1. The topological polar surface area (TPSA) is 93.6 Å². The lowest BCUT2D eigenvalue weighted by Crippen LogP contribution is -2.29. The maximum Gasteiger partial charge on any atom is 0.412 e. The third-order valence-corrected chi connectivity index (χ3v) is 3.83. The molecule has 7 nitrogen and oxygen atoms in total. The summed E-state index contributed by atoms with van der Waals surface area (Å²) < 4.78 is 7.06. The van der Waals surface area contributed by atoms with E-state index in [0.717, 1.165) is 16.2 Å². The first-order valence-corrected chi connectivity index (χ1v) is 8.23. The molecule has 0 saturated carbocycles. The van der Waals surface area contributed by atoms with E-state index in [2.05, 4.69) is 5.10 Å². The van der Waals surface area contributed by atoms with Gasteiger partial charge in [0.1, 0.15) is 0 Å². The van der Waals surface area contributed by atoms with Gasteiger partial charge >= 0.3 is 6.09 Å². The van der Waals surface area contributed by atoms with Crippen LogP contribution in [-0.2, 0) is 6.54 Å². The Labute approximate surface area is 151 Å². The molecule has 0 spiro atoms. The summed E-state index contributed by atoms with van der Waals surface area (Å²) in [5, 5.41) is 14.1. The van der Waals surface area contributed by atoms with E-state index in [9.17, 15) is 9.90 Å². The van der Waals surface area contributed by atoms with Crippen molar-refractivity contribution in [2.45, 2.75) is 13.5 Å². The predicted octanol–water partition coefficient (Wildman–Crippen LogP) is 3.54. The van der Waals surface area contributed by atoms with Crippen molar-refractivity contribution in [1.29, 1.82) is 0 Å². The third-order valence-electron chi connectivity index (χ3n) is 3.83. The van der Waals surface area contributed by atoms with Crippen LogP contribution in [0.1, 0.15) is 12.5 Å². The Morgan fingerprint density at radius 2 is 1.77 bits per heavy atom. The Morgan fingerprint density at radius 1 is 1.15 bits per heavy atom. The number of carboxylic acid groups (broad SMARTS) is 1. The number of para-hydroxylation sites is 1. The van der Waals surface area contributed by atoms with E-state index in [-0.39, 0.29) is 23.9 Å². The van der Waals surface area contributed by atoms with Crippen LogP contribution in [-0.4, -0.2) is 27.6 Å². The van der Waals surface area contributed by atoms with Gasteiger partial charge in [-0.2, -0.15) is 0 Å². The fourth-order valence-electron chi connectivity index (χ4n) is 2.66. The summed E-state index contributed by atoms with van der Waals surface area (Å²) >= 11 is 0. The molecule has 26 heavy (non-hydrogen) atoms. The monoisotopic (exact) mass is 352 g/mol. The molecule has 0 saturated heterocycles. The first-order valence-electron chi connectivity index (χ1n) is 8.23. The largest absolute Gasteiger partial charge is 0.475 e. The number of amides is 1. The molecular weight excluding hydrogens is 332 g/mol. The summed E-state index contributed by atoms with van der Waals surface area (Å²) in [6.07, 6.45) is -1.13. The number of hydrogen-bond donors (Lipinski definition) is 2. The molecule has 1 aromatic heterocycles. The molecule has 3 aromatic rings. The number of nitrogens with two attached hydrogens (primary N) is 1. The number of benzene rings is 2. The molecule has 134 valence electrons. The van der Waals surface area contributed by atoms with Crippen LogP contribution in [0, 0.1) is 0 Å². The summed E-state index contributed by atoms with van der Waals surface area (Å²) in [5.74, 6) is 0.394. The molecule has 0 aliphatic carbocycles. The van der Waals surface area contributed by atoms with E-state index in [1.165, 1.54) is 4.68 Å². The summed E-state index contributed by atoms with van der Waals surface area (Å²) in [4.78, 5) is 13.1. The summed E-state index contributed by atoms with van der Waals surface area (Å²) in [7, 11) is 0. The fraction of sp³-hybridized carbons (Fsp3) is 0.158. The van der Waals surface area contributed by atoms with Gasteiger partial charge in [-0.15, -0.1) is 5.10 Å². The lowest BCUT2D eigenvalue weighted by Gasteiger charge is -2.19. The molecule has 3 rings (SSSR count). The third kappa shape index (κ3) is 3.46. The van der Waals surface area contributed by atoms with Gasteiger partial charge in [-0.1, -0.05) is 48.5 Å². The number of aromatic nitrogens is 2. The van der Waals surface area contributed by atoms with E-state index in [1.54, 1.807) is 0 Å². The van der Waals surface area contributed by atoms with E-state index < -0.39 is 6.09 Å². The Hall–Kier alpha value is -3.48. The highest BCUT2D eigenvalue weighted by molar-refractivity contribution is 5.92. The number of nitrogens with zero attached hydrogens (tertiary/aromatic N) is 3. The highest BCUT2D eigenvalue weighted by Gasteiger charge is 2.27. The van der Waals surface area contributed by atoms with Gasteiger partial charge in [-0.25, -0.2) is 9.48 Å². The molecule has 0 atom stereocenters. The molecule has 7 heteroatoms. The van der Waals surface area contributed by atoms with E-state index in [0.29, 0.717) is 6.61 Å². The highest BCUT2D eigenvalue weighted by Crippen LogP contribution is 2.36. The van der Waals surface area contributed by atoms with Crippen molar-refractivity contribution in [3.8, 4) is 11.6 Å². The van der Waals surface area contributed by atoms with E-state index in [4.69, 9.17) is 10.5 Å². The zero-order chi connectivity index (χ0) is 18.5. The van der Waals surface area contributed by atoms with Crippen LogP contribution in [0.4, 0.5) is 16.3 Å².